The maximum atomic E-state index is 6.39. The van der Waals surface area contributed by atoms with Gasteiger partial charge in [0.25, 0.3) is 0 Å². The second kappa shape index (κ2) is 7.25. The molecule has 1 atom stereocenters. The first-order valence-electron chi connectivity index (χ1n) is 11.3. The Morgan fingerprint density at radius 3 is 2.56 bits per heavy atom. The van der Waals surface area contributed by atoms with E-state index < -0.39 is 0 Å². The summed E-state index contributed by atoms with van der Waals surface area (Å²) in [7, 11) is 0. The Morgan fingerprint density at radius 2 is 1.68 bits per heavy atom. The fraction of sp³-hybridized carbons (Fsp3) is 0.0690. The van der Waals surface area contributed by atoms with Crippen LogP contribution >= 0.6 is 0 Å². The zero-order chi connectivity index (χ0) is 22.6. The normalized spacial score (nSPS) is 14.6. The largest absolute Gasteiger partial charge is 0.438 e. The van der Waals surface area contributed by atoms with E-state index in [1.165, 1.54) is 21.9 Å². The van der Waals surface area contributed by atoms with Crippen LogP contribution in [0.3, 0.4) is 0 Å². The number of nitrogens with zero attached hydrogens (tertiary/aromatic N) is 4. The first-order valence-corrected chi connectivity index (χ1v) is 11.3. The predicted octanol–water partition coefficient (Wildman–Crippen LogP) is 6.54. The molecule has 1 aliphatic rings. The number of hydrogen-bond acceptors (Lipinski definition) is 4. The molecule has 5 heteroatoms. The molecule has 1 unspecified atom stereocenters. The summed E-state index contributed by atoms with van der Waals surface area (Å²) in [6, 6.07) is 31.3. The highest BCUT2D eigenvalue weighted by Crippen LogP contribution is 2.50. The molecule has 0 bridgehead atoms. The van der Waals surface area contributed by atoms with Gasteiger partial charge in [-0.15, -0.1) is 5.10 Å². The number of ether oxygens (including phenoxy) is 1. The second-order valence-electron chi connectivity index (χ2n) is 8.68. The van der Waals surface area contributed by atoms with Crippen LogP contribution in [-0.2, 0) is 0 Å². The smallest absolute Gasteiger partial charge is 0.228 e. The number of fused-ring (bicyclic) bond motifs is 6. The quantitative estimate of drug-likeness (QED) is 0.306. The van der Waals surface area contributed by atoms with Crippen molar-refractivity contribution in [2.24, 2.45) is 0 Å². The number of rotatable bonds is 2. The van der Waals surface area contributed by atoms with E-state index in [2.05, 4.69) is 78.6 Å². The molecule has 6 aromatic rings. The zero-order valence-electron chi connectivity index (χ0n) is 18.5. The third-order valence-corrected chi connectivity index (χ3v) is 6.51. The molecule has 7 rings (SSSR count). The van der Waals surface area contributed by atoms with E-state index in [1.54, 1.807) is 10.8 Å². The minimum atomic E-state index is -0.0863. The van der Waals surface area contributed by atoms with Gasteiger partial charge in [0.1, 0.15) is 12.1 Å². The molecule has 0 aliphatic carbocycles. The van der Waals surface area contributed by atoms with E-state index >= 15 is 0 Å². The van der Waals surface area contributed by atoms with E-state index in [4.69, 9.17) is 14.8 Å². The lowest BCUT2D eigenvalue weighted by Gasteiger charge is -2.29. The minimum absolute atomic E-state index is 0.0863. The molecular weight excluding hydrogens is 420 g/mol. The summed E-state index contributed by atoms with van der Waals surface area (Å²) in [4.78, 5) is 9.66. The summed E-state index contributed by atoms with van der Waals surface area (Å²) < 4.78 is 8.16. The van der Waals surface area contributed by atoms with Crippen molar-refractivity contribution < 1.29 is 4.74 Å². The van der Waals surface area contributed by atoms with E-state index in [0.29, 0.717) is 11.7 Å². The lowest BCUT2D eigenvalue weighted by Crippen LogP contribution is -2.15. The highest BCUT2D eigenvalue weighted by Gasteiger charge is 2.34. The predicted molar refractivity (Wildman–Crippen MR) is 132 cm³/mol. The van der Waals surface area contributed by atoms with Crippen molar-refractivity contribution in [2.75, 3.05) is 0 Å². The van der Waals surface area contributed by atoms with Crippen LogP contribution in [0.5, 0.6) is 11.6 Å². The van der Waals surface area contributed by atoms with Crippen molar-refractivity contribution in [3.05, 3.63) is 120 Å². The van der Waals surface area contributed by atoms with Gasteiger partial charge in [-0.2, -0.15) is 0 Å². The summed E-state index contributed by atoms with van der Waals surface area (Å²) in [5.41, 5.74) is 6.14. The van der Waals surface area contributed by atoms with E-state index in [0.717, 1.165) is 28.1 Å². The van der Waals surface area contributed by atoms with Crippen molar-refractivity contribution >= 4 is 16.4 Å². The number of aromatic nitrogens is 4. The molecule has 0 radical (unpaired) electrons. The van der Waals surface area contributed by atoms with Crippen LogP contribution in [0, 0.1) is 6.92 Å². The van der Waals surface area contributed by atoms with Gasteiger partial charge in [0.15, 0.2) is 11.5 Å². The van der Waals surface area contributed by atoms with Crippen LogP contribution in [0.4, 0.5) is 0 Å². The van der Waals surface area contributed by atoms with Crippen LogP contribution in [-0.4, -0.2) is 19.6 Å². The average molecular weight is 441 g/mol. The van der Waals surface area contributed by atoms with E-state index in [-0.39, 0.29) is 5.92 Å². The van der Waals surface area contributed by atoms with Crippen molar-refractivity contribution in [2.45, 2.75) is 12.8 Å². The lowest BCUT2D eigenvalue weighted by atomic mass is 9.81. The molecule has 0 fully saturated rings. The molecule has 1 aliphatic heterocycles. The van der Waals surface area contributed by atoms with Gasteiger partial charge in [0, 0.05) is 17.0 Å². The van der Waals surface area contributed by atoms with Gasteiger partial charge in [0.2, 0.25) is 5.88 Å². The molecule has 3 heterocycles. The molecule has 0 N–H and O–H groups in total. The Morgan fingerprint density at radius 1 is 0.824 bits per heavy atom. The van der Waals surface area contributed by atoms with Crippen LogP contribution in [0.25, 0.3) is 27.8 Å². The van der Waals surface area contributed by atoms with E-state index in [9.17, 15) is 0 Å². The van der Waals surface area contributed by atoms with Gasteiger partial charge in [-0.05, 0) is 35.4 Å². The number of benzene rings is 4. The standard InChI is InChI=1S/C29H20N4O/c1-18-8-7-12-21(16-18)27-31-28-26-24(20-10-3-2-4-11-20)25-22-13-6-5-9-19(22)14-15-23(25)34-29(26)30-17-33(28)32-27/h2-17,24H,1H3. The van der Waals surface area contributed by atoms with Gasteiger partial charge in [-0.25, -0.2) is 14.5 Å². The van der Waals surface area contributed by atoms with Crippen LogP contribution in [0.2, 0.25) is 0 Å². The highest BCUT2D eigenvalue weighted by atomic mass is 16.5. The SMILES string of the molecule is Cc1cccc(-c2nc3c4c(ncn3n2)Oc2ccc3ccccc3c2C4c2ccccc2)c1. The molecule has 4 aromatic carbocycles. The topological polar surface area (TPSA) is 52.3 Å². The molecular formula is C29H20N4O. The van der Waals surface area contributed by atoms with Crippen molar-refractivity contribution in [1.29, 1.82) is 0 Å². The molecule has 0 amide bonds. The molecule has 5 nitrogen and oxygen atoms in total. The fourth-order valence-electron chi connectivity index (χ4n) is 4.99. The van der Waals surface area contributed by atoms with Gasteiger partial charge < -0.3 is 4.74 Å². The van der Waals surface area contributed by atoms with Crippen LogP contribution < -0.4 is 4.74 Å². The van der Waals surface area contributed by atoms with Gasteiger partial charge in [-0.1, -0.05) is 84.4 Å². The molecule has 0 saturated carbocycles. The van der Waals surface area contributed by atoms with Gasteiger partial charge in [0.05, 0.1) is 5.56 Å². The van der Waals surface area contributed by atoms with Gasteiger partial charge >= 0.3 is 0 Å². The lowest BCUT2D eigenvalue weighted by molar-refractivity contribution is 0.433. The third-order valence-electron chi connectivity index (χ3n) is 6.51. The maximum Gasteiger partial charge on any atom is 0.228 e. The maximum absolute atomic E-state index is 6.39. The average Bonchev–Trinajstić information content (AvgIpc) is 3.33. The highest BCUT2D eigenvalue weighted by molar-refractivity contribution is 5.90. The zero-order valence-corrected chi connectivity index (χ0v) is 18.5. The number of hydrogen-bond donors (Lipinski definition) is 0. The minimum Gasteiger partial charge on any atom is -0.438 e. The summed E-state index contributed by atoms with van der Waals surface area (Å²) in [6.07, 6.45) is 1.69. The summed E-state index contributed by atoms with van der Waals surface area (Å²) in [5, 5.41) is 7.11. The third kappa shape index (κ3) is 2.83. The first kappa shape index (κ1) is 19.0. The second-order valence-corrected chi connectivity index (χ2v) is 8.68. The summed E-state index contributed by atoms with van der Waals surface area (Å²) in [5.74, 6) is 1.99. The first-order chi connectivity index (χ1) is 16.8. The Bertz CT molecular complexity index is 1700. The Kier molecular flexibility index (Phi) is 4.05. The fourth-order valence-corrected chi connectivity index (χ4v) is 4.99. The molecule has 0 saturated heterocycles. The monoisotopic (exact) mass is 440 g/mol. The number of aryl methyl sites for hydroxylation is 1. The van der Waals surface area contributed by atoms with Crippen molar-refractivity contribution in [1.82, 2.24) is 19.6 Å². The molecule has 2 aromatic heterocycles. The van der Waals surface area contributed by atoms with Crippen molar-refractivity contribution in [3.8, 4) is 23.0 Å². The summed E-state index contributed by atoms with van der Waals surface area (Å²) in [6.45, 7) is 2.07. The molecule has 0 spiro atoms. The van der Waals surface area contributed by atoms with E-state index in [1.807, 2.05) is 24.3 Å². The Hall–Kier alpha value is -4.51. The molecule has 162 valence electrons. The molecule has 34 heavy (non-hydrogen) atoms. The van der Waals surface area contributed by atoms with Crippen LogP contribution in [0.15, 0.2) is 97.3 Å². The Labute approximate surface area is 196 Å². The summed E-state index contributed by atoms with van der Waals surface area (Å²) >= 11 is 0. The van der Waals surface area contributed by atoms with Gasteiger partial charge in [-0.3, -0.25) is 0 Å². The van der Waals surface area contributed by atoms with Crippen LogP contribution in [0.1, 0.15) is 28.2 Å². The van der Waals surface area contributed by atoms with Crippen molar-refractivity contribution in [3.63, 3.8) is 0 Å². The Balaban J connectivity index is 1.54.